The Morgan fingerprint density at radius 2 is 2.05 bits per heavy atom. The summed E-state index contributed by atoms with van der Waals surface area (Å²) in [6.07, 6.45) is 1.77. The van der Waals surface area contributed by atoms with Crippen LogP contribution in [-0.4, -0.2) is 13.1 Å². The van der Waals surface area contributed by atoms with Gasteiger partial charge in [-0.15, -0.1) is 0 Å². The van der Waals surface area contributed by atoms with Crippen LogP contribution in [0.2, 0.25) is 0 Å². The SMILES string of the molecule is CCN(CC)c1ccc(/C=C(/C#N)c2cccc(Br)c2)o1. The number of hydrogen-bond donors (Lipinski definition) is 0. The second-order valence-electron chi connectivity index (χ2n) is 4.53. The summed E-state index contributed by atoms with van der Waals surface area (Å²) in [6, 6.07) is 13.7. The maximum Gasteiger partial charge on any atom is 0.196 e. The van der Waals surface area contributed by atoms with Crippen LogP contribution >= 0.6 is 15.9 Å². The van der Waals surface area contributed by atoms with Gasteiger partial charge in [0.1, 0.15) is 5.76 Å². The van der Waals surface area contributed by atoms with Gasteiger partial charge in [0.15, 0.2) is 5.88 Å². The van der Waals surface area contributed by atoms with Crippen molar-refractivity contribution in [2.75, 3.05) is 18.0 Å². The summed E-state index contributed by atoms with van der Waals surface area (Å²) in [5.74, 6) is 1.52. The smallest absolute Gasteiger partial charge is 0.196 e. The van der Waals surface area contributed by atoms with E-state index < -0.39 is 0 Å². The molecule has 4 heteroatoms. The van der Waals surface area contributed by atoms with Crippen molar-refractivity contribution in [3.8, 4) is 6.07 Å². The summed E-state index contributed by atoms with van der Waals surface area (Å²) >= 11 is 3.42. The topological polar surface area (TPSA) is 40.2 Å². The summed E-state index contributed by atoms with van der Waals surface area (Å²) in [5.41, 5.74) is 1.45. The molecule has 0 fully saturated rings. The van der Waals surface area contributed by atoms with E-state index in [1.807, 2.05) is 36.4 Å². The first-order chi connectivity index (χ1) is 10.2. The standard InChI is InChI=1S/C17H17BrN2O/c1-3-20(4-2)17-9-8-16(21-17)11-14(12-19)13-6-5-7-15(18)10-13/h5-11H,3-4H2,1-2H3/b14-11-. The van der Waals surface area contributed by atoms with Crippen LogP contribution in [0.15, 0.2) is 45.3 Å². The van der Waals surface area contributed by atoms with E-state index in [0.717, 1.165) is 29.0 Å². The highest BCUT2D eigenvalue weighted by atomic mass is 79.9. The molecule has 0 amide bonds. The predicted molar refractivity (Wildman–Crippen MR) is 89.9 cm³/mol. The maximum absolute atomic E-state index is 9.35. The Kier molecular flexibility index (Phi) is 5.24. The Hall–Kier alpha value is -1.99. The largest absolute Gasteiger partial charge is 0.441 e. The number of allylic oxidation sites excluding steroid dienone is 1. The fourth-order valence-corrected chi connectivity index (χ4v) is 2.50. The van der Waals surface area contributed by atoms with Crippen LogP contribution in [0.4, 0.5) is 5.88 Å². The van der Waals surface area contributed by atoms with E-state index in [2.05, 4.69) is 40.7 Å². The molecular formula is C17H17BrN2O. The number of hydrogen-bond acceptors (Lipinski definition) is 3. The van der Waals surface area contributed by atoms with Crippen molar-refractivity contribution in [3.05, 3.63) is 52.2 Å². The molecule has 3 nitrogen and oxygen atoms in total. The number of nitrogens with zero attached hydrogens (tertiary/aromatic N) is 2. The van der Waals surface area contributed by atoms with E-state index >= 15 is 0 Å². The Morgan fingerprint density at radius 1 is 1.29 bits per heavy atom. The lowest BCUT2D eigenvalue weighted by atomic mass is 10.1. The molecule has 0 saturated carbocycles. The van der Waals surface area contributed by atoms with E-state index in [1.165, 1.54) is 0 Å². The van der Waals surface area contributed by atoms with Gasteiger partial charge in [0.25, 0.3) is 0 Å². The van der Waals surface area contributed by atoms with Crippen LogP contribution in [0, 0.1) is 11.3 Å². The third-order valence-electron chi connectivity index (χ3n) is 3.23. The summed E-state index contributed by atoms with van der Waals surface area (Å²) in [6.45, 7) is 5.96. The van der Waals surface area contributed by atoms with Crippen molar-refractivity contribution in [3.63, 3.8) is 0 Å². The van der Waals surface area contributed by atoms with Crippen LogP contribution in [0.25, 0.3) is 11.6 Å². The molecule has 1 heterocycles. The number of nitriles is 1. The van der Waals surface area contributed by atoms with E-state index in [4.69, 9.17) is 4.42 Å². The average Bonchev–Trinajstić information content (AvgIpc) is 2.94. The number of rotatable bonds is 5. The Labute approximate surface area is 133 Å². The van der Waals surface area contributed by atoms with Gasteiger partial charge in [0, 0.05) is 23.6 Å². The molecule has 0 bridgehead atoms. The average molecular weight is 345 g/mol. The van der Waals surface area contributed by atoms with Crippen molar-refractivity contribution in [2.45, 2.75) is 13.8 Å². The normalized spacial score (nSPS) is 11.2. The molecule has 0 atom stereocenters. The summed E-state index contributed by atoms with van der Waals surface area (Å²) < 4.78 is 6.75. The van der Waals surface area contributed by atoms with E-state index in [0.29, 0.717) is 11.3 Å². The van der Waals surface area contributed by atoms with Gasteiger partial charge in [0.05, 0.1) is 11.6 Å². The van der Waals surface area contributed by atoms with Crippen LogP contribution in [0.3, 0.4) is 0 Å². The van der Waals surface area contributed by atoms with Gasteiger partial charge in [-0.2, -0.15) is 5.26 Å². The number of anilines is 1. The van der Waals surface area contributed by atoms with Gasteiger partial charge >= 0.3 is 0 Å². The van der Waals surface area contributed by atoms with E-state index in [-0.39, 0.29) is 0 Å². The van der Waals surface area contributed by atoms with Crippen LogP contribution < -0.4 is 4.90 Å². The second kappa shape index (κ2) is 7.14. The minimum absolute atomic E-state index is 0.580. The Balaban J connectivity index is 2.31. The summed E-state index contributed by atoms with van der Waals surface area (Å²) in [4.78, 5) is 2.13. The summed E-state index contributed by atoms with van der Waals surface area (Å²) in [7, 11) is 0. The fraction of sp³-hybridized carbons (Fsp3) is 0.235. The lowest BCUT2D eigenvalue weighted by molar-refractivity contribution is 0.541. The van der Waals surface area contributed by atoms with Crippen LogP contribution in [0.5, 0.6) is 0 Å². The van der Waals surface area contributed by atoms with E-state index in [9.17, 15) is 5.26 Å². The highest BCUT2D eigenvalue weighted by Crippen LogP contribution is 2.24. The molecule has 1 aromatic heterocycles. The molecule has 2 rings (SSSR count). The number of benzene rings is 1. The fourth-order valence-electron chi connectivity index (χ4n) is 2.10. The molecule has 0 aliphatic rings. The molecule has 0 aliphatic carbocycles. The molecule has 0 saturated heterocycles. The van der Waals surface area contributed by atoms with Crippen LogP contribution in [-0.2, 0) is 0 Å². The minimum atomic E-state index is 0.580. The number of furan rings is 1. The Morgan fingerprint density at radius 3 is 2.67 bits per heavy atom. The van der Waals surface area contributed by atoms with Gasteiger partial charge in [-0.3, -0.25) is 0 Å². The first-order valence-electron chi connectivity index (χ1n) is 6.90. The second-order valence-corrected chi connectivity index (χ2v) is 5.44. The monoisotopic (exact) mass is 344 g/mol. The van der Waals surface area contributed by atoms with Gasteiger partial charge in [0.2, 0.25) is 0 Å². The molecule has 0 radical (unpaired) electrons. The van der Waals surface area contributed by atoms with Crippen molar-refractivity contribution in [2.24, 2.45) is 0 Å². The van der Waals surface area contributed by atoms with Gasteiger partial charge in [-0.25, -0.2) is 0 Å². The van der Waals surface area contributed by atoms with Crippen molar-refractivity contribution >= 4 is 33.5 Å². The molecule has 0 N–H and O–H groups in total. The maximum atomic E-state index is 9.35. The van der Waals surface area contributed by atoms with Gasteiger partial charge < -0.3 is 9.32 Å². The molecule has 0 unspecified atom stereocenters. The molecule has 21 heavy (non-hydrogen) atoms. The Bertz CT molecular complexity index is 678. The van der Waals surface area contributed by atoms with Crippen molar-refractivity contribution in [1.82, 2.24) is 0 Å². The zero-order valence-electron chi connectivity index (χ0n) is 12.1. The summed E-state index contributed by atoms with van der Waals surface area (Å²) in [5, 5.41) is 9.35. The predicted octanol–water partition coefficient (Wildman–Crippen LogP) is 4.95. The van der Waals surface area contributed by atoms with Crippen molar-refractivity contribution < 1.29 is 4.42 Å². The third-order valence-corrected chi connectivity index (χ3v) is 3.72. The van der Waals surface area contributed by atoms with Gasteiger partial charge in [-0.1, -0.05) is 28.1 Å². The molecule has 0 spiro atoms. The quantitative estimate of drug-likeness (QED) is 0.720. The van der Waals surface area contributed by atoms with E-state index in [1.54, 1.807) is 6.08 Å². The van der Waals surface area contributed by atoms with Crippen LogP contribution in [0.1, 0.15) is 25.2 Å². The molecule has 2 aromatic rings. The zero-order chi connectivity index (χ0) is 15.2. The highest BCUT2D eigenvalue weighted by molar-refractivity contribution is 9.10. The number of halogens is 1. The highest BCUT2D eigenvalue weighted by Gasteiger charge is 2.08. The molecular weight excluding hydrogens is 328 g/mol. The lowest BCUT2D eigenvalue weighted by Crippen LogP contribution is -2.20. The molecule has 108 valence electrons. The molecule has 0 aliphatic heterocycles. The minimum Gasteiger partial charge on any atom is -0.441 e. The molecule has 1 aromatic carbocycles. The third kappa shape index (κ3) is 3.77. The first kappa shape index (κ1) is 15.4. The first-order valence-corrected chi connectivity index (χ1v) is 7.69. The van der Waals surface area contributed by atoms with Crippen molar-refractivity contribution in [1.29, 1.82) is 5.26 Å². The zero-order valence-corrected chi connectivity index (χ0v) is 13.7. The lowest BCUT2D eigenvalue weighted by Gasteiger charge is -2.16. The van der Waals surface area contributed by atoms with Gasteiger partial charge in [-0.05, 0) is 43.7 Å².